The Kier molecular flexibility index (Phi) is 5.07. The second-order valence-corrected chi connectivity index (χ2v) is 7.23. The van der Waals surface area contributed by atoms with Crippen molar-refractivity contribution in [3.8, 4) is 11.4 Å². The summed E-state index contributed by atoms with van der Waals surface area (Å²) in [7, 11) is 0. The minimum Gasteiger partial charge on any atom is -0.477 e. The summed E-state index contributed by atoms with van der Waals surface area (Å²) in [6.45, 7) is 0.258. The third-order valence-corrected chi connectivity index (χ3v) is 5.21. The van der Waals surface area contributed by atoms with Crippen LogP contribution in [-0.2, 0) is 6.54 Å². The monoisotopic (exact) mass is 424 g/mol. The molecule has 0 atom stereocenters. The highest BCUT2D eigenvalue weighted by atomic mass is 32.1. The number of fused-ring (bicyclic) bond motifs is 1. The number of aromatic nitrogens is 2. The first kappa shape index (κ1) is 19.4. The van der Waals surface area contributed by atoms with E-state index >= 15 is 0 Å². The number of aromatic carboxylic acids is 1. The molecule has 2 aromatic heterocycles. The molecule has 0 aliphatic heterocycles. The molecule has 4 aromatic rings. The minimum atomic E-state index is -1.45. The van der Waals surface area contributed by atoms with Gasteiger partial charge in [0.05, 0.1) is 4.92 Å². The number of hydrogen-bond acceptors (Lipinski definition) is 7. The summed E-state index contributed by atoms with van der Waals surface area (Å²) in [6.07, 6.45) is 1.55. The van der Waals surface area contributed by atoms with Gasteiger partial charge in [0.15, 0.2) is 5.82 Å². The molecule has 150 valence electrons. The van der Waals surface area contributed by atoms with Crippen LogP contribution in [0, 0.1) is 15.9 Å². The molecule has 0 spiro atoms. The summed E-state index contributed by atoms with van der Waals surface area (Å²) in [5.74, 6) is -1.74. The fourth-order valence-electron chi connectivity index (χ4n) is 2.97. The normalized spacial score (nSPS) is 10.8. The largest absolute Gasteiger partial charge is 0.477 e. The van der Waals surface area contributed by atoms with Crippen molar-refractivity contribution in [3.05, 3.63) is 81.1 Å². The Morgan fingerprint density at radius 3 is 2.70 bits per heavy atom. The molecule has 0 saturated carbocycles. The molecule has 0 aliphatic carbocycles. The zero-order chi connectivity index (χ0) is 21.3. The van der Waals surface area contributed by atoms with Crippen molar-refractivity contribution in [2.24, 2.45) is 0 Å². The van der Waals surface area contributed by atoms with Crippen LogP contribution in [0.4, 0.5) is 15.8 Å². The summed E-state index contributed by atoms with van der Waals surface area (Å²) in [6, 6.07) is 10.2. The first-order chi connectivity index (χ1) is 14.4. The number of halogens is 1. The van der Waals surface area contributed by atoms with Crippen LogP contribution in [0.5, 0.6) is 0 Å². The van der Waals surface area contributed by atoms with E-state index in [0.29, 0.717) is 10.5 Å². The van der Waals surface area contributed by atoms with Crippen molar-refractivity contribution >= 4 is 38.9 Å². The molecule has 4 rings (SSSR count). The summed E-state index contributed by atoms with van der Waals surface area (Å²) in [5.41, 5.74) is 0.0494. The second kappa shape index (κ2) is 7.84. The maximum absolute atomic E-state index is 13.1. The van der Waals surface area contributed by atoms with Crippen molar-refractivity contribution in [2.45, 2.75) is 6.54 Å². The molecular formula is C20H13FN4O4S. The second-order valence-electron chi connectivity index (χ2n) is 6.33. The lowest BCUT2D eigenvalue weighted by Gasteiger charge is -2.11. The molecule has 0 aliphatic rings. The highest BCUT2D eigenvalue weighted by Gasteiger charge is 2.27. The Hall–Kier alpha value is -3.92. The molecule has 2 N–H and O–H groups in total. The number of benzene rings is 2. The topological polar surface area (TPSA) is 118 Å². The average Bonchev–Trinajstić information content (AvgIpc) is 3.20. The van der Waals surface area contributed by atoms with E-state index in [2.05, 4.69) is 15.3 Å². The average molecular weight is 424 g/mol. The number of carboxylic acids is 1. The molecular weight excluding hydrogens is 411 g/mol. The lowest BCUT2D eigenvalue weighted by molar-refractivity contribution is -0.385. The molecule has 8 nitrogen and oxygen atoms in total. The summed E-state index contributed by atoms with van der Waals surface area (Å²) >= 11 is 1.36. The number of thiophene rings is 1. The maximum Gasteiger partial charge on any atom is 0.343 e. The quantitative estimate of drug-likeness (QED) is 0.340. The first-order valence-electron chi connectivity index (χ1n) is 8.67. The van der Waals surface area contributed by atoms with Crippen LogP contribution in [0.1, 0.15) is 15.9 Å². The van der Waals surface area contributed by atoms with Crippen LogP contribution in [0.2, 0.25) is 0 Å². The third-order valence-electron chi connectivity index (χ3n) is 4.39. The van der Waals surface area contributed by atoms with Gasteiger partial charge in [-0.15, -0.1) is 11.3 Å². The molecule has 2 heterocycles. The number of nitro benzene ring substituents is 1. The first-order valence-corrected chi connectivity index (χ1v) is 9.55. The molecule has 0 saturated heterocycles. The number of nitrogens with one attached hydrogen (secondary N) is 1. The van der Waals surface area contributed by atoms with Crippen molar-refractivity contribution in [1.29, 1.82) is 0 Å². The minimum absolute atomic E-state index is 0.0357. The smallest absolute Gasteiger partial charge is 0.343 e. The molecule has 0 radical (unpaired) electrons. The highest BCUT2D eigenvalue weighted by Crippen LogP contribution is 2.34. The number of rotatable bonds is 6. The van der Waals surface area contributed by atoms with Gasteiger partial charge in [0.2, 0.25) is 0 Å². The van der Waals surface area contributed by atoms with Crippen LogP contribution < -0.4 is 5.32 Å². The fourth-order valence-corrected chi connectivity index (χ4v) is 3.71. The summed E-state index contributed by atoms with van der Waals surface area (Å²) < 4.78 is 13.1. The number of anilines is 1. The Morgan fingerprint density at radius 1 is 1.23 bits per heavy atom. The van der Waals surface area contributed by atoms with E-state index in [0.717, 1.165) is 17.0 Å². The Labute approximate surface area is 172 Å². The molecule has 0 fully saturated rings. The van der Waals surface area contributed by atoms with Gasteiger partial charge >= 0.3 is 5.97 Å². The van der Waals surface area contributed by atoms with Gasteiger partial charge in [-0.05, 0) is 35.2 Å². The number of carboxylic acid groups (broad SMARTS) is 1. The van der Waals surface area contributed by atoms with Crippen molar-refractivity contribution in [2.75, 3.05) is 5.32 Å². The van der Waals surface area contributed by atoms with Crippen molar-refractivity contribution in [1.82, 2.24) is 9.97 Å². The highest BCUT2D eigenvalue weighted by molar-refractivity contribution is 7.16. The van der Waals surface area contributed by atoms with Gasteiger partial charge < -0.3 is 10.4 Å². The fraction of sp³-hybridized carbons (Fsp3) is 0.0500. The van der Waals surface area contributed by atoms with Crippen LogP contribution >= 0.6 is 11.3 Å². The van der Waals surface area contributed by atoms with Gasteiger partial charge in [-0.25, -0.2) is 19.2 Å². The van der Waals surface area contributed by atoms with Crippen LogP contribution in [0.25, 0.3) is 21.6 Å². The van der Waals surface area contributed by atoms with Crippen LogP contribution in [-0.4, -0.2) is 26.0 Å². The summed E-state index contributed by atoms with van der Waals surface area (Å²) in [4.78, 5) is 31.9. The van der Waals surface area contributed by atoms with Crippen LogP contribution in [0.15, 0.2) is 54.0 Å². The van der Waals surface area contributed by atoms with E-state index in [4.69, 9.17) is 0 Å². The third kappa shape index (κ3) is 3.80. The van der Waals surface area contributed by atoms with Gasteiger partial charge in [-0.3, -0.25) is 10.1 Å². The maximum atomic E-state index is 13.1. The number of carbonyl (C=O) groups is 1. The number of nitrogens with zero attached hydrogens (tertiary/aromatic N) is 3. The van der Waals surface area contributed by atoms with E-state index < -0.39 is 22.1 Å². The van der Waals surface area contributed by atoms with Crippen molar-refractivity contribution in [3.63, 3.8) is 0 Å². The Morgan fingerprint density at radius 2 is 2.00 bits per heavy atom. The van der Waals surface area contributed by atoms with E-state index in [1.165, 1.54) is 29.5 Å². The van der Waals surface area contributed by atoms with E-state index in [1.54, 1.807) is 18.3 Å². The molecule has 30 heavy (non-hydrogen) atoms. The predicted octanol–water partition coefficient (Wildman–Crippen LogP) is 4.72. The lowest BCUT2D eigenvalue weighted by Crippen LogP contribution is -2.08. The van der Waals surface area contributed by atoms with Gasteiger partial charge in [0.1, 0.15) is 16.2 Å². The Balaban J connectivity index is 1.80. The van der Waals surface area contributed by atoms with E-state index in [9.17, 15) is 24.4 Å². The number of nitro groups is 1. The van der Waals surface area contributed by atoms with Gasteiger partial charge in [0.25, 0.3) is 5.69 Å². The van der Waals surface area contributed by atoms with Gasteiger partial charge in [-0.1, -0.05) is 12.1 Å². The lowest BCUT2D eigenvalue weighted by atomic mass is 10.0. The standard InChI is InChI=1S/C20H13FN4O4S/c21-13-3-1-11(2-4-13)9-22-14-7-15(17(20(26)27)16(8-14)25(28)29)18-23-10-12-5-6-30-19(12)24-18/h1-8,10,22H,9H2,(H,26,27). The zero-order valence-corrected chi connectivity index (χ0v) is 16.0. The number of hydrogen-bond donors (Lipinski definition) is 2. The zero-order valence-electron chi connectivity index (χ0n) is 15.2. The molecule has 10 heteroatoms. The molecule has 2 aromatic carbocycles. The van der Waals surface area contributed by atoms with Crippen LogP contribution in [0.3, 0.4) is 0 Å². The van der Waals surface area contributed by atoms with Gasteiger partial charge in [-0.2, -0.15) is 0 Å². The SMILES string of the molecule is O=C(O)c1c(-c2ncc3ccsc3n2)cc(NCc2ccc(F)cc2)cc1[N+](=O)[O-]. The van der Waals surface area contributed by atoms with Gasteiger partial charge in [0, 0.05) is 35.4 Å². The predicted molar refractivity (Wildman–Crippen MR) is 110 cm³/mol. The van der Waals surface area contributed by atoms with E-state index in [-0.39, 0.29) is 23.7 Å². The van der Waals surface area contributed by atoms with Crippen molar-refractivity contribution < 1.29 is 19.2 Å². The molecule has 0 amide bonds. The summed E-state index contributed by atoms with van der Waals surface area (Å²) in [5, 5.41) is 26.8. The molecule has 0 unspecified atom stereocenters. The van der Waals surface area contributed by atoms with E-state index in [1.807, 2.05) is 11.4 Å². The Bertz CT molecular complexity index is 1270. The molecule has 0 bridgehead atoms.